The van der Waals surface area contributed by atoms with Crippen molar-refractivity contribution in [2.24, 2.45) is 5.92 Å². The van der Waals surface area contributed by atoms with Gasteiger partial charge in [0.25, 0.3) is 0 Å². The van der Waals surface area contributed by atoms with Crippen molar-refractivity contribution < 1.29 is 9.84 Å². The van der Waals surface area contributed by atoms with E-state index in [4.69, 9.17) is 9.84 Å². The molecule has 0 aromatic heterocycles. The van der Waals surface area contributed by atoms with Crippen molar-refractivity contribution in [1.82, 2.24) is 0 Å². The number of hydrogen-bond acceptors (Lipinski definition) is 2. The lowest BCUT2D eigenvalue weighted by Gasteiger charge is -2.10. The van der Waals surface area contributed by atoms with Crippen LogP contribution in [0.3, 0.4) is 0 Å². The minimum Gasteiger partial charge on any atom is -0.494 e. The van der Waals surface area contributed by atoms with E-state index in [9.17, 15) is 0 Å². The molecule has 0 bridgehead atoms. The van der Waals surface area contributed by atoms with Gasteiger partial charge in [-0.05, 0) is 35.2 Å². The Morgan fingerprint density at radius 1 is 1.12 bits per heavy atom. The molecule has 1 atom stereocenters. The van der Waals surface area contributed by atoms with Gasteiger partial charge in [0, 0.05) is 6.61 Å². The van der Waals surface area contributed by atoms with Crippen LogP contribution in [-0.2, 0) is 0 Å². The quantitative estimate of drug-likeness (QED) is 0.854. The van der Waals surface area contributed by atoms with Gasteiger partial charge in [-0.1, -0.05) is 37.3 Å². The van der Waals surface area contributed by atoms with Crippen molar-refractivity contribution in [3.63, 3.8) is 0 Å². The molecule has 0 unspecified atom stereocenters. The van der Waals surface area contributed by atoms with E-state index in [2.05, 4.69) is 24.3 Å². The molecular weight excluding hydrogens is 212 g/mol. The van der Waals surface area contributed by atoms with Crippen LogP contribution in [0.4, 0.5) is 0 Å². The van der Waals surface area contributed by atoms with Gasteiger partial charge in [0.1, 0.15) is 5.75 Å². The van der Waals surface area contributed by atoms with Gasteiger partial charge in [0.15, 0.2) is 0 Å². The number of rotatable bonds is 5. The van der Waals surface area contributed by atoms with E-state index in [1.54, 1.807) is 0 Å². The maximum absolute atomic E-state index is 8.92. The van der Waals surface area contributed by atoms with E-state index in [-0.39, 0.29) is 6.61 Å². The minimum atomic E-state index is 0.223. The molecule has 2 heteroatoms. The van der Waals surface area contributed by atoms with Crippen molar-refractivity contribution in [1.29, 1.82) is 0 Å². The molecule has 2 aromatic rings. The second-order valence-corrected chi connectivity index (χ2v) is 4.43. The number of aliphatic hydroxyl groups is 1. The SMILES string of the molecule is C[C@@H](CO)CCOc1ccc2ccccc2c1. The van der Waals surface area contributed by atoms with E-state index in [1.165, 1.54) is 10.8 Å². The van der Waals surface area contributed by atoms with Crippen LogP contribution in [0.15, 0.2) is 42.5 Å². The summed E-state index contributed by atoms with van der Waals surface area (Å²) in [6, 6.07) is 14.3. The molecule has 90 valence electrons. The molecule has 0 amide bonds. The maximum atomic E-state index is 8.92. The monoisotopic (exact) mass is 230 g/mol. The topological polar surface area (TPSA) is 29.5 Å². The van der Waals surface area contributed by atoms with Crippen LogP contribution in [0, 0.1) is 5.92 Å². The van der Waals surface area contributed by atoms with E-state index < -0.39 is 0 Å². The molecule has 0 saturated carbocycles. The highest BCUT2D eigenvalue weighted by atomic mass is 16.5. The first-order valence-corrected chi connectivity index (χ1v) is 6.02. The van der Waals surface area contributed by atoms with Gasteiger partial charge in [-0.3, -0.25) is 0 Å². The first-order chi connectivity index (χ1) is 8.29. The van der Waals surface area contributed by atoms with Crippen LogP contribution in [0.2, 0.25) is 0 Å². The molecule has 0 heterocycles. The first kappa shape index (κ1) is 11.9. The molecule has 0 aliphatic carbocycles. The van der Waals surface area contributed by atoms with Crippen molar-refractivity contribution in [2.45, 2.75) is 13.3 Å². The molecule has 0 aliphatic rings. The van der Waals surface area contributed by atoms with Gasteiger partial charge >= 0.3 is 0 Å². The summed E-state index contributed by atoms with van der Waals surface area (Å²) in [7, 11) is 0. The number of benzene rings is 2. The van der Waals surface area contributed by atoms with Crippen LogP contribution in [0.1, 0.15) is 13.3 Å². The van der Waals surface area contributed by atoms with Gasteiger partial charge in [0.2, 0.25) is 0 Å². The molecule has 2 nitrogen and oxygen atoms in total. The highest BCUT2D eigenvalue weighted by Crippen LogP contribution is 2.20. The van der Waals surface area contributed by atoms with Crippen molar-refractivity contribution in [3.05, 3.63) is 42.5 Å². The van der Waals surface area contributed by atoms with Crippen LogP contribution in [0.5, 0.6) is 5.75 Å². The van der Waals surface area contributed by atoms with Gasteiger partial charge in [-0.2, -0.15) is 0 Å². The molecule has 0 spiro atoms. The summed E-state index contributed by atoms with van der Waals surface area (Å²) in [5, 5.41) is 11.3. The van der Waals surface area contributed by atoms with Gasteiger partial charge in [-0.15, -0.1) is 0 Å². The van der Waals surface area contributed by atoms with Crippen LogP contribution < -0.4 is 4.74 Å². The average molecular weight is 230 g/mol. The third-order valence-electron chi connectivity index (χ3n) is 2.91. The molecule has 0 fully saturated rings. The summed E-state index contributed by atoms with van der Waals surface area (Å²) in [5.41, 5.74) is 0. The smallest absolute Gasteiger partial charge is 0.119 e. The van der Waals surface area contributed by atoms with E-state index in [1.807, 2.05) is 25.1 Å². The Hall–Kier alpha value is -1.54. The second-order valence-electron chi connectivity index (χ2n) is 4.43. The Bertz CT molecular complexity index is 479. The Balaban J connectivity index is 1.99. The molecule has 2 aromatic carbocycles. The number of fused-ring (bicyclic) bond motifs is 1. The minimum absolute atomic E-state index is 0.223. The molecule has 1 N–H and O–H groups in total. The fourth-order valence-corrected chi connectivity index (χ4v) is 1.73. The zero-order chi connectivity index (χ0) is 12.1. The Morgan fingerprint density at radius 2 is 1.88 bits per heavy atom. The summed E-state index contributed by atoms with van der Waals surface area (Å²) in [6.07, 6.45) is 0.878. The molecule has 2 rings (SSSR count). The summed E-state index contributed by atoms with van der Waals surface area (Å²) < 4.78 is 5.68. The maximum Gasteiger partial charge on any atom is 0.119 e. The van der Waals surface area contributed by atoms with Crippen molar-refractivity contribution >= 4 is 10.8 Å². The molecule has 0 aliphatic heterocycles. The molecule has 17 heavy (non-hydrogen) atoms. The van der Waals surface area contributed by atoms with Crippen LogP contribution >= 0.6 is 0 Å². The lowest BCUT2D eigenvalue weighted by atomic mass is 10.1. The molecular formula is C15H18O2. The van der Waals surface area contributed by atoms with Crippen LogP contribution in [0.25, 0.3) is 10.8 Å². The standard InChI is InChI=1S/C15H18O2/c1-12(11-16)8-9-17-15-7-6-13-4-2-3-5-14(13)10-15/h2-7,10,12,16H,8-9,11H2,1H3/t12-/m1/s1. The van der Waals surface area contributed by atoms with Crippen molar-refractivity contribution in [2.75, 3.05) is 13.2 Å². The van der Waals surface area contributed by atoms with E-state index in [0.29, 0.717) is 12.5 Å². The fraction of sp³-hybridized carbons (Fsp3) is 0.333. The Kier molecular flexibility index (Phi) is 3.99. The summed E-state index contributed by atoms with van der Waals surface area (Å²) >= 11 is 0. The molecule has 0 radical (unpaired) electrons. The number of aliphatic hydroxyl groups excluding tert-OH is 1. The zero-order valence-corrected chi connectivity index (χ0v) is 10.1. The van der Waals surface area contributed by atoms with Crippen molar-refractivity contribution in [3.8, 4) is 5.75 Å². The predicted molar refractivity (Wildman–Crippen MR) is 70.3 cm³/mol. The Labute approximate surface area is 102 Å². The lowest BCUT2D eigenvalue weighted by molar-refractivity contribution is 0.202. The van der Waals surface area contributed by atoms with Crippen LogP contribution in [-0.4, -0.2) is 18.3 Å². The van der Waals surface area contributed by atoms with Gasteiger partial charge in [0.05, 0.1) is 6.61 Å². The fourth-order valence-electron chi connectivity index (χ4n) is 1.73. The van der Waals surface area contributed by atoms with Gasteiger partial charge in [-0.25, -0.2) is 0 Å². The van der Waals surface area contributed by atoms with E-state index >= 15 is 0 Å². The van der Waals surface area contributed by atoms with Gasteiger partial charge < -0.3 is 9.84 Å². The number of hydrogen-bond donors (Lipinski definition) is 1. The molecule has 0 saturated heterocycles. The first-order valence-electron chi connectivity index (χ1n) is 6.02. The third kappa shape index (κ3) is 3.21. The zero-order valence-electron chi connectivity index (χ0n) is 10.1. The van der Waals surface area contributed by atoms with E-state index in [0.717, 1.165) is 12.2 Å². The Morgan fingerprint density at radius 3 is 2.65 bits per heavy atom. The highest BCUT2D eigenvalue weighted by Gasteiger charge is 2.01. The highest BCUT2D eigenvalue weighted by molar-refractivity contribution is 5.83. The summed E-state index contributed by atoms with van der Waals surface area (Å²) in [5.74, 6) is 1.20. The normalized spacial score (nSPS) is 12.6. The summed E-state index contributed by atoms with van der Waals surface area (Å²) in [6.45, 7) is 2.89. The second kappa shape index (κ2) is 5.69. The summed E-state index contributed by atoms with van der Waals surface area (Å²) in [4.78, 5) is 0. The lowest BCUT2D eigenvalue weighted by Crippen LogP contribution is -2.07. The predicted octanol–water partition coefficient (Wildman–Crippen LogP) is 3.24. The average Bonchev–Trinajstić information content (AvgIpc) is 2.38. The largest absolute Gasteiger partial charge is 0.494 e. The number of ether oxygens (including phenoxy) is 1. The third-order valence-corrected chi connectivity index (χ3v) is 2.91.